The summed E-state index contributed by atoms with van der Waals surface area (Å²) >= 11 is 1.90. The van der Waals surface area contributed by atoms with Crippen LogP contribution in [0.25, 0.3) is 0 Å². The predicted octanol–water partition coefficient (Wildman–Crippen LogP) is 2.82. The van der Waals surface area contributed by atoms with E-state index in [4.69, 9.17) is 4.74 Å². The molecule has 0 N–H and O–H groups in total. The zero-order valence-corrected chi connectivity index (χ0v) is 13.1. The summed E-state index contributed by atoms with van der Waals surface area (Å²) in [6.45, 7) is 7.77. The zero-order valence-electron chi connectivity index (χ0n) is 12.3. The van der Waals surface area contributed by atoms with Gasteiger partial charge in [-0.2, -0.15) is 0 Å². The molecule has 0 radical (unpaired) electrons. The minimum Gasteiger partial charge on any atom is -0.379 e. The Kier molecular flexibility index (Phi) is 5.48. The largest absolute Gasteiger partial charge is 0.379 e. The number of nitrogens with zero attached hydrogens (tertiary/aromatic N) is 2. The van der Waals surface area contributed by atoms with Crippen molar-refractivity contribution in [2.24, 2.45) is 0 Å². The summed E-state index contributed by atoms with van der Waals surface area (Å²) in [5.74, 6) is 0. The van der Waals surface area contributed by atoms with Crippen molar-refractivity contribution in [3.05, 3.63) is 22.4 Å². The number of hydrogen-bond donors (Lipinski definition) is 0. The maximum absolute atomic E-state index is 5.43. The molecule has 4 heteroatoms. The van der Waals surface area contributed by atoms with E-state index in [0.29, 0.717) is 0 Å². The fourth-order valence-electron chi connectivity index (χ4n) is 3.35. The summed E-state index contributed by atoms with van der Waals surface area (Å²) < 4.78 is 5.43. The van der Waals surface area contributed by atoms with Gasteiger partial charge in [0.25, 0.3) is 0 Å². The van der Waals surface area contributed by atoms with Crippen molar-refractivity contribution < 1.29 is 4.74 Å². The van der Waals surface area contributed by atoms with Crippen LogP contribution >= 0.6 is 11.3 Å². The molecule has 2 saturated heterocycles. The number of thiophene rings is 1. The molecule has 0 spiro atoms. The summed E-state index contributed by atoms with van der Waals surface area (Å²) in [6, 6.07) is 5.24. The van der Waals surface area contributed by atoms with E-state index in [9.17, 15) is 0 Å². The summed E-state index contributed by atoms with van der Waals surface area (Å²) in [5.41, 5.74) is 0. The van der Waals surface area contributed by atoms with Crippen LogP contribution in [0.5, 0.6) is 0 Å². The fourth-order valence-corrected chi connectivity index (χ4v) is 4.08. The first-order valence-electron chi connectivity index (χ1n) is 7.98. The molecule has 0 bridgehead atoms. The monoisotopic (exact) mass is 294 g/mol. The van der Waals surface area contributed by atoms with Crippen molar-refractivity contribution >= 4 is 11.3 Å². The van der Waals surface area contributed by atoms with Gasteiger partial charge in [-0.3, -0.25) is 9.80 Å². The molecule has 1 atom stereocenters. The molecule has 1 aromatic heterocycles. The minimum absolute atomic E-state index is 0.786. The van der Waals surface area contributed by atoms with Gasteiger partial charge in [-0.15, -0.1) is 11.3 Å². The number of rotatable bonds is 5. The van der Waals surface area contributed by atoms with Crippen LogP contribution in [-0.2, 0) is 11.3 Å². The van der Waals surface area contributed by atoms with Crippen LogP contribution in [0.1, 0.15) is 30.6 Å². The summed E-state index contributed by atoms with van der Waals surface area (Å²) in [4.78, 5) is 6.81. The van der Waals surface area contributed by atoms with E-state index in [-0.39, 0.29) is 0 Å². The molecule has 0 unspecified atom stereocenters. The van der Waals surface area contributed by atoms with E-state index in [1.54, 1.807) is 0 Å². The molecule has 0 aliphatic carbocycles. The Morgan fingerprint density at radius 2 is 2.10 bits per heavy atom. The van der Waals surface area contributed by atoms with Crippen molar-refractivity contribution in [3.63, 3.8) is 0 Å². The molecule has 0 saturated carbocycles. The second kappa shape index (κ2) is 7.55. The van der Waals surface area contributed by atoms with E-state index in [0.717, 1.165) is 38.9 Å². The summed E-state index contributed by atoms with van der Waals surface area (Å²) in [5, 5.41) is 2.20. The Morgan fingerprint density at radius 3 is 2.90 bits per heavy atom. The lowest BCUT2D eigenvalue weighted by Crippen LogP contribution is -2.43. The first kappa shape index (κ1) is 14.5. The Hall–Kier alpha value is -0.420. The third-order valence-corrected chi connectivity index (χ3v) is 5.43. The molecule has 0 aromatic carbocycles. The molecule has 0 amide bonds. The molecule has 20 heavy (non-hydrogen) atoms. The van der Waals surface area contributed by atoms with Crippen LogP contribution in [0, 0.1) is 0 Å². The second-order valence-corrected chi connectivity index (χ2v) is 6.97. The van der Waals surface area contributed by atoms with Gasteiger partial charge in [-0.1, -0.05) is 12.5 Å². The standard InChI is InChI=1S/C16H26N2OS/c1-2-7-18(14-16-5-3-13-20-16)15(4-1)6-8-17-9-11-19-12-10-17/h3,5,13,15H,1-2,4,6-12,14H2/t15-/m1/s1. The number of hydrogen-bond acceptors (Lipinski definition) is 4. The van der Waals surface area contributed by atoms with Crippen molar-refractivity contribution in [2.45, 2.75) is 38.3 Å². The third-order valence-electron chi connectivity index (χ3n) is 4.57. The topological polar surface area (TPSA) is 15.7 Å². The van der Waals surface area contributed by atoms with E-state index in [1.807, 2.05) is 11.3 Å². The average molecular weight is 294 g/mol. The molecule has 2 aliphatic heterocycles. The third kappa shape index (κ3) is 4.04. The zero-order chi connectivity index (χ0) is 13.6. The number of likely N-dealkylation sites (tertiary alicyclic amines) is 1. The highest BCUT2D eigenvalue weighted by Crippen LogP contribution is 2.23. The molecule has 1 aromatic rings. The van der Waals surface area contributed by atoms with Crippen LogP contribution in [0.2, 0.25) is 0 Å². The van der Waals surface area contributed by atoms with Crippen LogP contribution in [0.3, 0.4) is 0 Å². The molecular weight excluding hydrogens is 268 g/mol. The van der Waals surface area contributed by atoms with Crippen molar-refractivity contribution in [3.8, 4) is 0 Å². The second-order valence-electron chi connectivity index (χ2n) is 5.94. The van der Waals surface area contributed by atoms with E-state index < -0.39 is 0 Å². The quantitative estimate of drug-likeness (QED) is 0.830. The molecular formula is C16H26N2OS. The highest BCUT2D eigenvalue weighted by Gasteiger charge is 2.23. The lowest BCUT2D eigenvalue weighted by atomic mass is 9.99. The minimum atomic E-state index is 0.786. The van der Waals surface area contributed by atoms with Crippen molar-refractivity contribution in [2.75, 3.05) is 39.4 Å². The Balaban J connectivity index is 1.49. The first-order valence-corrected chi connectivity index (χ1v) is 8.86. The van der Waals surface area contributed by atoms with E-state index in [1.165, 1.54) is 43.6 Å². The van der Waals surface area contributed by atoms with Crippen LogP contribution in [0.15, 0.2) is 17.5 Å². The molecule has 112 valence electrons. The van der Waals surface area contributed by atoms with Crippen LogP contribution in [-0.4, -0.2) is 55.2 Å². The molecule has 2 aliphatic rings. The highest BCUT2D eigenvalue weighted by molar-refractivity contribution is 7.09. The summed E-state index contributed by atoms with van der Waals surface area (Å²) in [6.07, 6.45) is 5.50. The van der Waals surface area contributed by atoms with Gasteiger partial charge < -0.3 is 4.74 Å². The Labute approximate surface area is 126 Å². The van der Waals surface area contributed by atoms with Crippen molar-refractivity contribution in [1.82, 2.24) is 9.80 Å². The van der Waals surface area contributed by atoms with E-state index >= 15 is 0 Å². The van der Waals surface area contributed by atoms with Crippen LogP contribution < -0.4 is 0 Å². The van der Waals surface area contributed by atoms with Gasteiger partial charge >= 0.3 is 0 Å². The SMILES string of the molecule is c1csc(CN2CCCC[C@@H]2CCN2CCOCC2)c1. The van der Waals surface area contributed by atoms with Gasteiger partial charge in [-0.05, 0) is 43.8 Å². The molecule has 3 rings (SSSR count). The van der Waals surface area contributed by atoms with Gasteiger partial charge in [0.05, 0.1) is 13.2 Å². The average Bonchev–Trinajstić information content (AvgIpc) is 3.00. The maximum atomic E-state index is 5.43. The number of piperidine rings is 1. The van der Waals surface area contributed by atoms with E-state index in [2.05, 4.69) is 27.3 Å². The maximum Gasteiger partial charge on any atom is 0.0594 e. The highest BCUT2D eigenvalue weighted by atomic mass is 32.1. The van der Waals surface area contributed by atoms with Crippen molar-refractivity contribution in [1.29, 1.82) is 0 Å². The lowest BCUT2D eigenvalue weighted by molar-refractivity contribution is 0.0303. The summed E-state index contributed by atoms with van der Waals surface area (Å²) in [7, 11) is 0. The van der Waals surface area contributed by atoms with Gasteiger partial charge in [0.1, 0.15) is 0 Å². The molecule has 3 nitrogen and oxygen atoms in total. The number of morpholine rings is 1. The predicted molar refractivity (Wildman–Crippen MR) is 84.2 cm³/mol. The molecule has 3 heterocycles. The Bertz CT molecular complexity index is 376. The Morgan fingerprint density at radius 1 is 1.20 bits per heavy atom. The smallest absolute Gasteiger partial charge is 0.0594 e. The van der Waals surface area contributed by atoms with Gasteiger partial charge in [0.2, 0.25) is 0 Å². The fraction of sp³-hybridized carbons (Fsp3) is 0.750. The number of ether oxygens (including phenoxy) is 1. The normalized spacial score (nSPS) is 25.9. The first-order chi connectivity index (χ1) is 9.92. The van der Waals surface area contributed by atoms with Gasteiger partial charge in [0.15, 0.2) is 0 Å². The van der Waals surface area contributed by atoms with Crippen LogP contribution in [0.4, 0.5) is 0 Å². The van der Waals surface area contributed by atoms with Gasteiger partial charge in [-0.25, -0.2) is 0 Å². The lowest BCUT2D eigenvalue weighted by Gasteiger charge is -2.37. The van der Waals surface area contributed by atoms with Gasteiger partial charge in [0, 0.05) is 30.6 Å². The molecule has 2 fully saturated rings.